The lowest BCUT2D eigenvalue weighted by molar-refractivity contribution is 0.146. The van der Waals surface area contributed by atoms with Crippen molar-refractivity contribution < 1.29 is 9.53 Å². The standard InChI is InChI=1S/C10H18N2O2/c1-14-7-6-12(9-4-5-9)10(13)11-8-2-3-8/h8-9H,2-7H2,1H3,(H,11,13). The van der Waals surface area contributed by atoms with Crippen molar-refractivity contribution in [3.8, 4) is 0 Å². The zero-order valence-electron chi connectivity index (χ0n) is 8.66. The van der Waals surface area contributed by atoms with E-state index in [-0.39, 0.29) is 6.03 Å². The molecule has 0 unspecified atom stereocenters. The highest BCUT2D eigenvalue weighted by molar-refractivity contribution is 5.75. The van der Waals surface area contributed by atoms with E-state index in [2.05, 4.69) is 5.32 Å². The quantitative estimate of drug-likeness (QED) is 0.715. The van der Waals surface area contributed by atoms with E-state index in [9.17, 15) is 4.79 Å². The monoisotopic (exact) mass is 198 g/mol. The molecule has 0 bridgehead atoms. The number of hydrogen-bond donors (Lipinski definition) is 1. The van der Waals surface area contributed by atoms with Crippen molar-refractivity contribution in [1.82, 2.24) is 10.2 Å². The predicted octanol–water partition coefficient (Wildman–Crippen LogP) is 0.969. The molecule has 0 aromatic heterocycles. The van der Waals surface area contributed by atoms with Crippen LogP contribution in [0.2, 0.25) is 0 Å². The summed E-state index contributed by atoms with van der Waals surface area (Å²) in [5.41, 5.74) is 0. The van der Waals surface area contributed by atoms with Crippen molar-refractivity contribution in [2.45, 2.75) is 37.8 Å². The topological polar surface area (TPSA) is 41.6 Å². The molecule has 2 fully saturated rings. The molecule has 4 nitrogen and oxygen atoms in total. The number of carbonyl (C=O) groups excluding carboxylic acids is 1. The van der Waals surface area contributed by atoms with Gasteiger partial charge >= 0.3 is 6.03 Å². The number of urea groups is 1. The summed E-state index contributed by atoms with van der Waals surface area (Å²) in [6, 6.07) is 1.03. The molecule has 2 amide bonds. The Balaban J connectivity index is 1.77. The first-order valence-corrected chi connectivity index (χ1v) is 5.37. The molecule has 2 aliphatic rings. The Morgan fingerprint density at radius 3 is 2.64 bits per heavy atom. The van der Waals surface area contributed by atoms with Gasteiger partial charge < -0.3 is 15.0 Å². The second-order valence-corrected chi connectivity index (χ2v) is 4.14. The van der Waals surface area contributed by atoms with Gasteiger partial charge in [-0.1, -0.05) is 0 Å². The summed E-state index contributed by atoms with van der Waals surface area (Å²) in [4.78, 5) is 13.7. The Kier molecular flexibility index (Phi) is 2.91. The maximum absolute atomic E-state index is 11.7. The summed E-state index contributed by atoms with van der Waals surface area (Å²) in [6.45, 7) is 1.36. The minimum absolute atomic E-state index is 0.104. The molecule has 0 heterocycles. The summed E-state index contributed by atoms with van der Waals surface area (Å²) in [5, 5.41) is 3.02. The van der Waals surface area contributed by atoms with E-state index in [0.717, 1.165) is 32.2 Å². The molecule has 80 valence electrons. The molecule has 0 aromatic carbocycles. The van der Waals surface area contributed by atoms with Crippen LogP contribution in [-0.2, 0) is 4.74 Å². The van der Waals surface area contributed by atoms with Crippen LogP contribution in [0.5, 0.6) is 0 Å². The lowest BCUT2D eigenvalue weighted by Gasteiger charge is -2.22. The first-order valence-electron chi connectivity index (χ1n) is 5.37. The number of ether oxygens (including phenoxy) is 1. The highest BCUT2D eigenvalue weighted by Crippen LogP contribution is 2.27. The third-order valence-corrected chi connectivity index (χ3v) is 2.69. The summed E-state index contributed by atoms with van der Waals surface area (Å²) >= 11 is 0. The van der Waals surface area contributed by atoms with Crippen LogP contribution in [-0.4, -0.2) is 43.3 Å². The van der Waals surface area contributed by atoms with Crippen LogP contribution in [0.1, 0.15) is 25.7 Å². The molecule has 2 aliphatic carbocycles. The second-order valence-electron chi connectivity index (χ2n) is 4.14. The van der Waals surface area contributed by atoms with Gasteiger partial charge in [0, 0.05) is 25.7 Å². The lowest BCUT2D eigenvalue weighted by atomic mass is 10.5. The lowest BCUT2D eigenvalue weighted by Crippen LogP contribution is -2.43. The van der Waals surface area contributed by atoms with Gasteiger partial charge in [-0.25, -0.2) is 4.79 Å². The van der Waals surface area contributed by atoms with Gasteiger partial charge in [-0.15, -0.1) is 0 Å². The Labute approximate surface area is 84.6 Å². The smallest absolute Gasteiger partial charge is 0.317 e. The van der Waals surface area contributed by atoms with E-state index in [1.165, 1.54) is 0 Å². The first-order chi connectivity index (χ1) is 6.81. The number of nitrogens with one attached hydrogen (secondary N) is 1. The largest absolute Gasteiger partial charge is 0.383 e. The molecule has 0 spiro atoms. The average molecular weight is 198 g/mol. The maximum Gasteiger partial charge on any atom is 0.317 e. The summed E-state index contributed by atoms with van der Waals surface area (Å²) in [7, 11) is 1.67. The fourth-order valence-corrected chi connectivity index (χ4v) is 1.51. The maximum atomic E-state index is 11.7. The highest BCUT2D eigenvalue weighted by atomic mass is 16.5. The van der Waals surface area contributed by atoms with Gasteiger partial charge in [0.1, 0.15) is 0 Å². The predicted molar refractivity (Wildman–Crippen MR) is 53.2 cm³/mol. The second kappa shape index (κ2) is 4.17. The van der Waals surface area contributed by atoms with Crippen molar-refractivity contribution in [1.29, 1.82) is 0 Å². The molecular weight excluding hydrogens is 180 g/mol. The zero-order valence-corrected chi connectivity index (χ0v) is 8.66. The van der Waals surface area contributed by atoms with Crippen LogP contribution in [0.25, 0.3) is 0 Å². The summed E-state index contributed by atoms with van der Waals surface area (Å²) in [6.07, 6.45) is 4.60. The fraction of sp³-hybridized carbons (Fsp3) is 0.900. The van der Waals surface area contributed by atoms with Crippen LogP contribution >= 0.6 is 0 Å². The van der Waals surface area contributed by atoms with E-state index in [1.807, 2.05) is 4.90 Å². The Hall–Kier alpha value is -0.770. The van der Waals surface area contributed by atoms with Crippen molar-refractivity contribution in [3.63, 3.8) is 0 Å². The average Bonchev–Trinajstić information content (AvgIpc) is 2.98. The van der Waals surface area contributed by atoms with Gasteiger partial charge in [-0.05, 0) is 25.7 Å². The molecule has 0 radical (unpaired) electrons. The third kappa shape index (κ3) is 2.61. The van der Waals surface area contributed by atoms with Crippen LogP contribution in [0.4, 0.5) is 4.79 Å². The van der Waals surface area contributed by atoms with Crippen molar-refractivity contribution in [2.75, 3.05) is 20.3 Å². The van der Waals surface area contributed by atoms with Gasteiger partial charge in [0.15, 0.2) is 0 Å². The number of nitrogens with zero attached hydrogens (tertiary/aromatic N) is 1. The van der Waals surface area contributed by atoms with Gasteiger partial charge in [-0.3, -0.25) is 0 Å². The van der Waals surface area contributed by atoms with E-state index in [4.69, 9.17) is 4.74 Å². The Morgan fingerprint density at radius 1 is 1.43 bits per heavy atom. The van der Waals surface area contributed by atoms with E-state index < -0.39 is 0 Å². The Bertz CT molecular complexity index is 212. The molecule has 0 aliphatic heterocycles. The number of rotatable bonds is 5. The van der Waals surface area contributed by atoms with E-state index >= 15 is 0 Å². The van der Waals surface area contributed by atoms with Crippen molar-refractivity contribution >= 4 is 6.03 Å². The minimum atomic E-state index is 0.104. The number of methoxy groups -OCH3 is 1. The van der Waals surface area contributed by atoms with Crippen molar-refractivity contribution in [3.05, 3.63) is 0 Å². The summed E-state index contributed by atoms with van der Waals surface area (Å²) < 4.78 is 5.00. The van der Waals surface area contributed by atoms with Crippen LogP contribution < -0.4 is 5.32 Å². The number of carbonyl (C=O) groups is 1. The first kappa shape index (κ1) is 9.77. The molecule has 0 atom stereocenters. The number of hydrogen-bond acceptors (Lipinski definition) is 2. The fourth-order valence-electron chi connectivity index (χ4n) is 1.51. The zero-order chi connectivity index (χ0) is 9.97. The number of amides is 2. The normalized spacial score (nSPS) is 20.6. The van der Waals surface area contributed by atoms with Crippen molar-refractivity contribution in [2.24, 2.45) is 0 Å². The van der Waals surface area contributed by atoms with Gasteiger partial charge in [0.2, 0.25) is 0 Å². The minimum Gasteiger partial charge on any atom is -0.383 e. The Morgan fingerprint density at radius 2 is 2.14 bits per heavy atom. The third-order valence-electron chi connectivity index (χ3n) is 2.69. The van der Waals surface area contributed by atoms with Crippen LogP contribution in [0, 0.1) is 0 Å². The van der Waals surface area contributed by atoms with Crippen LogP contribution in [0.15, 0.2) is 0 Å². The SMILES string of the molecule is COCCN(C(=O)NC1CC1)C1CC1. The molecule has 2 rings (SSSR count). The molecule has 1 N–H and O–H groups in total. The van der Waals surface area contributed by atoms with Gasteiger partial charge in [0.25, 0.3) is 0 Å². The summed E-state index contributed by atoms with van der Waals surface area (Å²) in [5.74, 6) is 0. The highest BCUT2D eigenvalue weighted by Gasteiger charge is 2.34. The molecular formula is C10H18N2O2. The van der Waals surface area contributed by atoms with Gasteiger partial charge in [0.05, 0.1) is 6.61 Å². The van der Waals surface area contributed by atoms with Gasteiger partial charge in [-0.2, -0.15) is 0 Å². The molecule has 2 saturated carbocycles. The van der Waals surface area contributed by atoms with E-state index in [0.29, 0.717) is 18.7 Å². The van der Waals surface area contributed by atoms with Crippen LogP contribution in [0.3, 0.4) is 0 Å². The molecule has 14 heavy (non-hydrogen) atoms. The molecule has 4 heteroatoms. The molecule has 0 aromatic rings. The van der Waals surface area contributed by atoms with E-state index in [1.54, 1.807) is 7.11 Å². The molecule has 0 saturated heterocycles.